The smallest absolute Gasteiger partial charge is 0.123 e. The maximum absolute atomic E-state index is 12.8. The minimum Gasteiger partial charge on any atom is -0.328 e. The van der Waals surface area contributed by atoms with Gasteiger partial charge in [-0.15, -0.1) is 0 Å². The maximum Gasteiger partial charge on any atom is 0.123 e. The summed E-state index contributed by atoms with van der Waals surface area (Å²) in [4.78, 5) is 2.42. The highest BCUT2D eigenvalue weighted by molar-refractivity contribution is 5.15. The zero-order chi connectivity index (χ0) is 12.3. The lowest BCUT2D eigenvalue weighted by atomic mass is 9.91. The van der Waals surface area contributed by atoms with Crippen LogP contribution in [0.2, 0.25) is 0 Å². The molecule has 1 unspecified atom stereocenters. The van der Waals surface area contributed by atoms with E-state index in [9.17, 15) is 4.39 Å². The molecule has 2 N–H and O–H groups in total. The molecular formula is C14H21FN2. The minimum absolute atomic E-state index is 0.163. The van der Waals surface area contributed by atoms with Crippen LogP contribution in [0.5, 0.6) is 0 Å². The Morgan fingerprint density at radius 1 is 1.29 bits per heavy atom. The molecule has 2 nitrogen and oxygen atoms in total. The molecule has 0 radical (unpaired) electrons. The molecule has 1 atom stereocenters. The molecule has 2 rings (SSSR count). The molecule has 1 aromatic rings. The molecule has 1 aliphatic heterocycles. The van der Waals surface area contributed by atoms with Gasteiger partial charge in [0.25, 0.3) is 0 Å². The number of halogens is 1. The molecule has 3 heteroatoms. The summed E-state index contributed by atoms with van der Waals surface area (Å²) in [6.07, 6.45) is 2.36. The van der Waals surface area contributed by atoms with E-state index in [0.717, 1.165) is 19.6 Å². The number of rotatable bonds is 3. The monoisotopic (exact) mass is 236 g/mol. The van der Waals surface area contributed by atoms with E-state index in [-0.39, 0.29) is 5.82 Å². The first-order chi connectivity index (χ1) is 8.15. The van der Waals surface area contributed by atoms with Gasteiger partial charge in [0.15, 0.2) is 0 Å². The van der Waals surface area contributed by atoms with Crippen LogP contribution in [0, 0.1) is 11.7 Å². The van der Waals surface area contributed by atoms with Gasteiger partial charge in [-0.3, -0.25) is 4.90 Å². The molecule has 1 saturated heterocycles. The van der Waals surface area contributed by atoms with Crippen LogP contribution in [0.25, 0.3) is 0 Å². The first kappa shape index (κ1) is 12.5. The van der Waals surface area contributed by atoms with Crippen LogP contribution < -0.4 is 5.73 Å². The molecular weight excluding hydrogens is 215 g/mol. The number of nitrogens with zero attached hydrogens (tertiary/aromatic N) is 1. The summed E-state index contributed by atoms with van der Waals surface area (Å²) >= 11 is 0. The van der Waals surface area contributed by atoms with Crippen molar-refractivity contribution in [1.29, 1.82) is 0 Å². The van der Waals surface area contributed by atoms with Crippen molar-refractivity contribution in [1.82, 2.24) is 4.90 Å². The Morgan fingerprint density at radius 2 is 1.88 bits per heavy atom. The largest absolute Gasteiger partial charge is 0.328 e. The second-order valence-corrected chi connectivity index (χ2v) is 5.10. The lowest BCUT2D eigenvalue weighted by Gasteiger charge is -2.33. The summed E-state index contributed by atoms with van der Waals surface area (Å²) < 4.78 is 12.8. The summed E-state index contributed by atoms with van der Waals surface area (Å²) in [7, 11) is 0. The maximum atomic E-state index is 12.8. The fourth-order valence-electron chi connectivity index (χ4n) is 2.48. The molecule has 1 aliphatic rings. The summed E-state index contributed by atoms with van der Waals surface area (Å²) in [6, 6.07) is 7.11. The third-order valence-electron chi connectivity index (χ3n) is 3.70. The second-order valence-electron chi connectivity index (χ2n) is 5.10. The predicted octanol–water partition coefficient (Wildman–Crippen LogP) is 2.38. The molecule has 94 valence electrons. The summed E-state index contributed by atoms with van der Waals surface area (Å²) in [5.74, 6) is 0.504. The lowest BCUT2D eigenvalue weighted by molar-refractivity contribution is 0.165. The molecule has 1 aromatic carbocycles. The van der Waals surface area contributed by atoms with Gasteiger partial charge < -0.3 is 5.73 Å². The zero-order valence-electron chi connectivity index (χ0n) is 10.4. The van der Waals surface area contributed by atoms with Crippen LogP contribution >= 0.6 is 0 Å². The van der Waals surface area contributed by atoms with Gasteiger partial charge >= 0.3 is 0 Å². The van der Waals surface area contributed by atoms with Gasteiger partial charge in [0.1, 0.15) is 5.82 Å². The van der Waals surface area contributed by atoms with Crippen LogP contribution in [-0.2, 0) is 6.54 Å². The van der Waals surface area contributed by atoms with Crippen molar-refractivity contribution in [3.8, 4) is 0 Å². The van der Waals surface area contributed by atoms with Crippen molar-refractivity contribution in [2.24, 2.45) is 11.7 Å². The summed E-state index contributed by atoms with van der Waals surface area (Å²) in [6.45, 7) is 5.22. The number of benzene rings is 1. The third kappa shape index (κ3) is 3.51. The van der Waals surface area contributed by atoms with E-state index in [1.807, 2.05) is 12.1 Å². The quantitative estimate of drug-likeness (QED) is 0.873. The van der Waals surface area contributed by atoms with Gasteiger partial charge in [-0.1, -0.05) is 12.1 Å². The van der Waals surface area contributed by atoms with Crippen molar-refractivity contribution in [2.75, 3.05) is 13.1 Å². The van der Waals surface area contributed by atoms with Crippen molar-refractivity contribution in [3.63, 3.8) is 0 Å². The average Bonchev–Trinajstić information content (AvgIpc) is 2.33. The lowest BCUT2D eigenvalue weighted by Crippen LogP contribution is -2.39. The number of nitrogens with two attached hydrogens (primary N) is 1. The van der Waals surface area contributed by atoms with Gasteiger partial charge in [-0.05, 0) is 56.5 Å². The van der Waals surface area contributed by atoms with E-state index in [1.165, 1.54) is 30.5 Å². The number of hydrogen-bond donors (Lipinski definition) is 1. The highest BCUT2D eigenvalue weighted by atomic mass is 19.1. The fourth-order valence-corrected chi connectivity index (χ4v) is 2.48. The Kier molecular flexibility index (Phi) is 4.13. The van der Waals surface area contributed by atoms with Crippen LogP contribution in [0.1, 0.15) is 25.3 Å². The summed E-state index contributed by atoms with van der Waals surface area (Å²) in [5.41, 5.74) is 7.11. The van der Waals surface area contributed by atoms with Crippen LogP contribution in [0.4, 0.5) is 4.39 Å². The van der Waals surface area contributed by atoms with E-state index >= 15 is 0 Å². The Hall–Kier alpha value is -0.930. The van der Waals surface area contributed by atoms with Gasteiger partial charge in [0, 0.05) is 12.6 Å². The average molecular weight is 236 g/mol. The third-order valence-corrected chi connectivity index (χ3v) is 3.70. The molecule has 1 heterocycles. The molecule has 0 saturated carbocycles. The van der Waals surface area contributed by atoms with E-state index in [0.29, 0.717) is 12.0 Å². The highest BCUT2D eigenvalue weighted by Crippen LogP contribution is 2.20. The molecule has 1 fully saturated rings. The topological polar surface area (TPSA) is 29.3 Å². The standard InChI is InChI=1S/C14H21FN2/c1-11(16)13-6-8-17(9-7-13)10-12-2-4-14(15)5-3-12/h2-5,11,13H,6-10,16H2,1H3. The first-order valence-corrected chi connectivity index (χ1v) is 6.37. The van der Waals surface area contributed by atoms with Crippen molar-refractivity contribution in [3.05, 3.63) is 35.6 Å². The number of piperidine rings is 1. The van der Waals surface area contributed by atoms with Crippen molar-refractivity contribution in [2.45, 2.75) is 32.4 Å². The Morgan fingerprint density at radius 3 is 2.41 bits per heavy atom. The van der Waals surface area contributed by atoms with Crippen molar-refractivity contribution >= 4 is 0 Å². The molecule has 0 aliphatic carbocycles. The number of hydrogen-bond acceptors (Lipinski definition) is 2. The van der Waals surface area contributed by atoms with E-state index < -0.39 is 0 Å². The Labute approximate surface area is 103 Å². The van der Waals surface area contributed by atoms with Gasteiger partial charge in [0.05, 0.1) is 0 Å². The molecule has 0 aromatic heterocycles. The van der Waals surface area contributed by atoms with Gasteiger partial charge in [0.2, 0.25) is 0 Å². The van der Waals surface area contributed by atoms with Gasteiger partial charge in [-0.2, -0.15) is 0 Å². The van der Waals surface area contributed by atoms with E-state index in [2.05, 4.69) is 11.8 Å². The zero-order valence-corrected chi connectivity index (χ0v) is 10.4. The van der Waals surface area contributed by atoms with Crippen molar-refractivity contribution < 1.29 is 4.39 Å². The Bertz CT molecular complexity index is 340. The van der Waals surface area contributed by atoms with Gasteiger partial charge in [-0.25, -0.2) is 4.39 Å². The second kappa shape index (κ2) is 5.61. The minimum atomic E-state index is -0.163. The molecule has 0 amide bonds. The van der Waals surface area contributed by atoms with Crippen LogP contribution in [0.15, 0.2) is 24.3 Å². The first-order valence-electron chi connectivity index (χ1n) is 6.37. The normalized spacial score (nSPS) is 20.4. The highest BCUT2D eigenvalue weighted by Gasteiger charge is 2.21. The Balaban J connectivity index is 1.84. The summed E-state index contributed by atoms with van der Waals surface area (Å²) in [5, 5.41) is 0. The fraction of sp³-hybridized carbons (Fsp3) is 0.571. The van der Waals surface area contributed by atoms with Crippen LogP contribution in [-0.4, -0.2) is 24.0 Å². The SMILES string of the molecule is CC(N)C1CCN(Cc2ccc(F)cc2)CC1. The molecule has 17 heavy (non-hydrogen) atoms. The molecule has 0 bridgehead atoms. The van der Waals surface area contributed by atoms with Crippen LogP contribution in [0.3, 0.4) is 0 Å². The van der Waals surface area contributed by atoms with E-state index in [4.69, 9.17) is 5.73 Å². The van der Waals surface area contributed by atoms with E-state index in [1.54, 1.807) is 0 Å². The molecule has 0 spiro atoms. The predicted molar refractivity (Wildman–Crippen MR) is 68.1 cm³/mol. The number of likely N-dealkylation sites (tertiary alicyclic amines) is 1.